The molecule has 1 amide bonds. The second-order valence-corrected chi connectivity index (χ2v) is 4.90. The molecule has 2 aliphatic rings. The van der Waals surface area contributed by atoms with Crippen molar-refractivity contribution in [3.05, 3.63) is 0 Å². The number of hydrogen-bond donors (Lipinski definition) is 1. The number of hydrogen-bond acceptors (Lipinski definition) is 3. The van der Waals surface area contributed by atoms with Crippen molar-refractivity contribution >= 4 is 5.91 Å². The molecule has 0 aromatic heterocycles. The van der Waals surface area contributed by atoms with Gasteiger partial charge in [-0.15, -0.1) is 0 Å². The van der Waals surface area contributed by atoms with Gasteiger partial charge in [-0.2, -0.15) is 0 Å². The third kappa shape index (κ3) is 2.32. The number of morpholine rings is 1. The Bertz CT molecular complexity index is 251. The highest BCUT2D eigenvalue weighted by Crippen LogP contribution is 2.32. The molecule has 0 aromatic carbocycles. The molecule has 2 N–H and O–H groups in total. The van der Waals surface area contributed by atoms with Crippen molar-refractivity contribution in [3.8, 4) is 0 Å². The van der Waals surface area contributed by atoms with Gasteiger partial charge in [-0.25, -0.2) is 0 Å². The molecule has 1 aliphatic carbocycles. The average molecular weight is 212 g/mol. The molecule has 0 bridgehead atoms. The molecule has 2 rings (SSSR count). The fourth-order valence-electron chi connectivity index (χ4n) is 2.31. The molecule has 1 unspecified atom stereocenters. The first kappa shape index (κ1) is 10.9. The standard InChI is InChI=1S/C11H20N2O2/c1-9-8-15-6-5-13(9)10(14)7-11(12)3-2-4-11/h9H,2-8,12H2,1H3. The summed E-state index contributed by atoms with van der Waals surface area (Å²) in [5.41, 5.74) is 5.88. The molecule has 4 heteroatoms. The maximum Gasteiger partial charge on any atom is 0.224 e. The maximum absolute atomic E-state index is 12.0. The Hall–Kier alpha value is -0.610. The number of rotatable bonds is 2. The van der Waals surface area contributed by atoms with E-state index in [1.807, 2.05) is 11.8 Å². The van der Waals surface area contributed by atoms with Gasteiger partial charge < -0.3 is 15.4 Å². The molecule has 2 fully saturated rings. The van der Waals surface area contributed by atoms with Gasteiger partial charge in [0.2, 0.25) is 5.91 Å². The summed E-state index contributed by atoms with van der Waals surface area (Å²) < 4.78 is 5.31. The number of amides is 1. The zero-order valence-corrected chi connectivity index (χ0v) is 9.37. The van der Waals surface area contributed by atoms with Crippen LogP contribution in [-0.4, -0.2) is 42.1 Å². The highest BCUT2D eigenvalue weighted by atomic mass is 16.5. The largest absolute Gasteiger partial charge is 0.377 e. The smallest absolute Gasteiger partial charge is 0.224 e. The third-order valence-electron chi connectivity index (χ3n) is 3.54. The summed E-state index contributed by atoms with van der Waals surface area (Å²) in [5.74, 6) is 0.202. The lowest BCUT2D eigenvalue weighted by Gasteiger charge is -2.41. The lowest BCUT2D eigenvalue weighted by Crippen LogP contribution is -2.54. The van der Waals surface area contributed by atoms with Crippen LogP contribution in [0.4, 0.5) is 0 Å². The van der Waals surface area contributed by atoms with E-state index in [9.17, 15) is 4.79 Å². The van der Waals surface area contributed by atoms with E-state index in [1.54, 1.807) is 0 Å². The fourth-order valence-corrected chi connectivity index (χ4v) is 2.31. The summed E-state index contributed by atoms with van der Waals surface area (Å²) in [6, 6.07) is 0.204. The molecule has 0 spiro atoms. The Morgan fingerprint density at radius 3 is 2.87 bits per heavy atom. The molecule has 1 saturated carbocycles. The molecule has 15 heavy (non-hydrogen) atoms. The Morgan fingerprint density at radius 1 is 1.60 bits per heavy atom. The van der Waals surface area contributed by atoms with Crippen LogP contribution in [0, 0.1) is 0 Å². The lowest BCUT2D eigenvalue weighted by atomic mass is 9.75. The second-order valence-electron chi connectivity index (χ2n) is 4.90. The minimum Gasteiger partial charge on any atom is -0.377 e. The van der Waals surface area contributed by atoms with E-state index >= 15 is 0 Å². The van der Waals surface area contributed by atoms with Gasteiger partial charge in [-0.3, -0.25) is 4.79 Å². The van der Waals surface area contributed by atoms with Crippen molar-refractivity contribution in [1.82, 2.24) is 4.90 Å². The fraction of sp³-hybridized carbons (Fsp3) is 0.909. The van der Waals surface area contributed by atoms with Crippen LogP contribution in [0.1, 0.15) is 32.6 Å². The van der Waals surface area contributed by atoms with Crippen molar-refractivity contribution in [2.75, 3.05) is 19.8 Å². The topological polar surface area (TPSA) is 55.6 Å². The van der Waals surface area contributed by atoms with E-state index in [4.69, 9.17) is 10.5 Å². The Labute approximate surface area is 90.8 Å². The van der Waals surface area contributed by atoms with E-state index in [2.05, 4.69) is 0 Å². The summed E-state index contributed by atoms with van der Waals surface area (Å²) in [6.07, 6.45) is 3.68. The molecule has 1 atom stereocenters. The first-order valence-electron chi connectivity index (χ1n) is 5.77. The zero-order chi connectivity index (χ0) is 10.9. The zero-order valence-electron chi connectivity index (χ0n) is 9.37. The normalized spacial score (nSPS) is 29.7. The van der Waals surface area contributed by atoms with Crippen LogP contribution in [0.3, 0.4) is 0 Å². The Balaban J connectivity index is 1.89. The average Bonchev–Trinajstić information content (AvgIpc) is 2.16. The van der Waals surface area contributed by atoms with Crippen LogP contribution in [-0.2, 0) is 9.53 Å². The minimum atomic E-state index is -0.199. The number of nitrogens with two attached hydrogens (primary N) is 1. The Kier molecular flexibility index (Phi) is 2.98. The number of ether oxygens (including phenoxy) is 1. The first-order chi connectivity index (χ1) is 7.11. The van der Waals surface area contributed by atoms with E-state index in [0.717, 1.165) is 19.4 Å². The van der Waals surface area contributed by atoms with Crippen LogP contribution in [0.5, 0.6) is 0 Å². The van der Waals surface area contributed by atoms with E-state index in [1.165, 1.54) is 6.42 Å². The lowest BCUT2D eigenvalue weighted by molar-refractivity contribution is -0.141. The minimum absolute atomic E-state index is 0.199. The molecule has 0 radical (unpaired) electrons. The SMILES string of the molecule is CC1COCCN1C(=O)CC1(N)CCC1. The number of carbonyl (C=O) groups excluding carboxylic acids is 1. The van der Waals surface area contributed by atoms with Crippen molar-refractivity contribution in [3.63, 3.8) is 0 Å². The Morgan fingerprint density at radius 2 is 2.33 bits per heavy atom. The van der Waals surface area contributed by atoms with Gasteiger partial charge >= 0.3 is 0 Å². The van der Waals surface area contributed by atoms with E-state index < -0.39 is 0 Å². The third-order valence-corrected chi connectivity index (χ3v) is 3.54. The van der Waals surface area contributed by atoms with Crippen LogP contribution >= 0.6 is 0 Å². The van der Waals surface area contributed by atoms with Crippen molar-refractivity contribution in [1.29, 1.82) is 0 Å². The predicted molar refractivity (Wildman–Crippen MR) is 57.4 cm³/mol. The van der Waals surface area contributed by atoms with E-state index in [-0.39, 0.29) is 17.5 Å². The second kappa shape index (κ2) is 4.10. The quantitative estimate of drug-likeness (QED) is 0.725. The molecule has 1 saturated heterocycles. The van der Waals surface area contributed by atoms with Gasteiger partial charge in [0.05, 0.1) is 19.3 Å². The predicted octanol–water partition coefficient (Wildman–Crippen LogP) is 0.505. The maximum atomic E-state index is 12.0. The summed E-state index contributed by atoms with van der Waals surface area (Å²) >= 11 is 0. The van der Waals surface area contributed by atoms with Gasteiger partial charge in [-0.05, 0) is 26.2 Å². The molecule has 1 heterocycles. The van der Waals surface area contributed by atoms with Crippen LogP contribution in [0.25, 0.3) is 0 Å². The van der Waals surface area contributed by atoms with Crippen LogP contribution < -0.4 is 5.73 Å². The first-order valence-corrected chi connectivity index (χ1v) is 5.77. The summed E-state index contributed by atoms with van der Waals surface area (Å²) in [6.45, 7) is 4.06. The molecular weight excluding hydrogens is 192 g/mol. The molecule has 1 aliphatic heterocycles. The summed E-state index contributed by atoms with van der Waals surface area (Å²) in [4.78, 5) is 13.9. The van der Waals surface area contributed by atoms with Gasteiger partial charge in [0, 0.05) is 18.5 Å². The highest BCUT2D eigenvalue weighted by Gasteiger charge is 2.37. The number of carbonyl (C=O) groups is 1. The molecular formula is C11H20N2O2. The molecule has 86 valence electrons. The molecule has 0 aromatic rings. The van der Waals surface area contributed by atoms with E-state index in [0.29, 0.717) is 19.6 Å². The number of nitrogens with zero attached hydrogens (tertiary/aromatic N) is 1. The van der Waals surface area contributed by atoms with Gasteiger partial charge in [0.15, 0.2) is 0 Å². The summed E-state index contributed by atoms with van der Waals surface area (Å²) in [7, 11) is 0. The summed E-state index contributed by atoms with van der Waals surface area (Å²) in [5, 5.41) is 0. The van der Waals surface area contributed by atoms with Crippen LogP contribution in [0.2, 0.25) is 0 Å². The van der Waals surface area contributed by atoms with Gasteiger partial charge in [0.1, 0.15) is 0 Å². The van der Waals surface area contributed by atoms with Gasteiger partial charge in [0.25, 0.3) is 0 Å². The van der Waals surface area contributed by atoms with Crippen molar-refractivity contribution in [2.45, 2.75) is 44.2 Å². The van der Waals surface area contributed by atoms with Crippen LogP contribution in [0.15, 0.2) is 0 Å². The molecule has 4 nitrogen and oxygen atoms in total. The van der Waals surface area contributed by atoms with Gasteiger partial charge in [-0.1, -0.05) is 0 Å². The highest BCUT2D eigenvalue weighted by molar-refractivity contribution is 5.78. The van der Waals surface area contributed by atoms with Crippen molar-refractivity contribution < 1.29 is 9.53 Å². The van der Waals surface area contributed by atoms with Crippen molar-refractivity contribution in [2.24, 2.45) is 5.73 Å². The monoisotopic (exact) mass is 212 g/mol.